The zero-order valence-corrected chi connectivity index (χ0v) is 23.1. The number of rotatable bonds is 7. The fourth-order valence-corrected chi connectivity index (χ4v) is 5.02. The van der Waals surface area contributed by atoms with E-state index >= 15 is 4.39 Å². The SMILES string of the molecule is O=C(NC1(C(=O)NC2CC(F)(F)C2)CC1)c1ccc(C(F)=CC(c2cc(Cl)c(Cl)c(Cl)c2)C(F)(F)F)cc1C(F)(F)F. The second kappa shape index (κ2) is 11.1. The van der Waals surface area contributed by atoms with Crippen LogP contribution >= 0.6 is 34.8 Å². The molecule has 1 atom stereocenters. The van der Waals surface area contributed by atoms with Crippen LogP contribution in [0.4, 0.5) is 39.5 Å². The first-order valence-corrected chi connectivity index (χ1v) is 13.2. The molecule has 2 aliphatic carbocycles. The van der Waals surface area contributed by atoms with E-state index in [0.29, 0.717) is 12.1 Å². The molecule has 42 heavy (non-hydrogen) atoms. The second-order valence-electron chi connectivity index (χ2n) is 10.1. The third-order valence-corrected chi connectivity index (χ3v) is 8.04. The Kier molecular flexibility index (Phi) is 8.55. The highest BCUT2D eigenvalue weighted by Gasteiger charge is 2.54. The van der Waals surface area contributed by atoms with Crippen LogP contribution in [0.1, 0.15) is 58.6 Å². The number of carbonyl (C=O) groups excluding carboxylic acids is 2. The third-order valence-electron chi connectivity index (χ3n) is 6.84. The highest BCUT2D eigenvalue weighted by Crippen LogP contribution is 2.44. The number of amides is 2. The van der Waals surface area contributed by atoms with E-state index in [9.17, 15) is 44.7 Å². The van der Waals surface area contributed by atoms with Crippen molar-refractivity contribution in [3.05, 3.63) is 73.7 Å². The van der Waals surface area contributed by atoms with Gasteiger partial charge in [0.1, 0.15) is 17.3 Å². The van der Waals surface area contributed by atoms with Crippen molar-refractivity contribution in [2.45, 2.75) is 61.5 Å². The summed E-state index contributed by atoms with van der Waals surface area (Å²) in [4.78, 5) is 25.3. The molecule has 2 saturated carbocycles. The summed E-state index contributed by atoms with van der Waals surface area (Å²) in [5.74, 6) is -9.54. The summed E-state index contributed by atoms with van der Waals surface area (Å²) in [7, 11) is 0. The van der Waals surface area contributed by atoms with E-state index in [1.54, 1.807) is 0 Å². The minimum atomic E-state index is -5.26. The maximum atomic E-state index is 15.1. The topological polar surface area (TPSA) is 58.2 Å². The van der Waals surface area contributed by atoms with Gasteiger partial charge in [-0.05, 0) is 48.7 Å². The van der Waals surface area contributed by atoms with Crippen LogP contribution in [-0.4, -0.2) is 35.5 Å². The number of carbonyl (C=O) groups is 2. The smallest absolute Gasteiger partial charge is 0.351 e. The summed E-state index contributed by atoms with van der Waals surface area (Å²) in [5, 5.41) is 3.50. The van der Waals surface area contributed by atoms with Gasteiger partial charge < -0.3 is 10.6 Å². The number of halogens is 12. The van der Waals surface area contributed by atoms with Gasteiger partial charge in [0.2, 0.25) is 5.91 Å². The van der Waals surface area contributed by atoms with Crippen molar-refractivity contribution >= 4 is 52.4 Å². The average molecular weight is 668 g/mol. The molecule has 4 rings (SSSR count). The van der Waals surface area contributed by atoms with Crippen LogP contribution in [-0.2, 0) is 11.0 Å². The van der Waals surface area contributed by atoms with E-state index in [1.165, 1.54) is 0 Å². The van der Waals surface area contributed by atoms with Crippen molar-refractivity contribution in [2.24, 2.45) is 0 Å². The molecule has 0 bridgehead atoms. The number of hydrogen-bond acceptors (Lipinski definition) is 2. The molecule has 0 spiro atoms. The molecule has 16 heteroatoms. The molecular formula is C26H18Cl3F9N2O2. The van der Waals surface area contributed by atoms with E-state index in [4.69, 9.17) is 34.8 Å². The molecule has 2 amide bonds. The monoisotopic (exact) mass is 666 g/mol. The first-order chi connectivity index (χ1) is 19.2. The third kappa shape index (κ3) is 6.94. The standard InChI is InChI=1S/C26H18Cl3F9N2O2/c27-17-6-12(7-18(28)20(17)29)15(25(33,34)35)8-19(30)11-1-2-14(16(5-11)26(36,37)38)21(41)40-23(3-4-23)22(42)39-13-9-24(31,32)10-13/h1-2,5-8,13,15H,3-4,9-10H2,(H,39,42)(H,40,41). The summed E-state index contributed by atoms with van der Waals surface area (Å²) in [5.41, 5.74) is -5.89. The molecule has 2 aromatic carbocycles. The quantitative estimate of drug-likeness (QED) is 0.230. The van der Waals surface area contributed by atoms with Gasteiger partial charge in [-0.15, -0.1) is 0 Å². The molecule has 1 unspecified atom stereocenters. The molecule has 0 saturated heterocycles. The zero-order chi connectivity index (χ0) is 31.4. The molecule has 0 heterocycles. The molecule has 2 aromatic rings. The van der Waals surface area contributed by atoms with Crippen LogP contribution in [0.25, 0.3) is 5.83 Å². The first kappa shape index (κ1) is 32.3. The van der Waals surface area contributed by atoms with Gasteiger partial charge >= 0.3 is 12.4 Å². The van der Waals surface area contributed by atoms with Crippen LogP contribution in [0.2, 0.25) is 15.1 Å². The predicted molar refractivity (Wildman–Crippen MR) is 136 cm³/mol. The fourth-order valence-electron chi connectivity index (χ4n) is 4.41. The van der Waals surface area contributed by atoms with E-state index in [2.05, 4.69) is 10.6 Å². The lowest BCUT2D eigenvalue weighted by Crippen LogP contribution is -2.57. The molecule has 4 nitrogen and oxygen atoms in total. The highest BCUT2D eigenvalue weighted by atomic mass is 35.5. The molecular weight excluding hydrogens is 650 g/mol. The fraction of sp³-hybridized carbons (Fsp3) is 0.385. The van der Waals surface area contributed by atoms with Crippen LogP contribution in [0, 0.1) is 0 Å². The lowest BCUT2D eigenvalue weighted by Gasteiger charge is -2.36. The highest BCUT2D eigenvalue weighted by molar-refractivity contribution is 6.48. The maximum absolute atomic E-state index is 15.1. The van der Waals surface area contributed by atoms with Crippen LogP contribution in [0.3, 0.4) is 0 Å². The van der Waals surface area contributed by atoms with Gasteiger partial charge in [-0.1, -0.05) is 40.9 Å². The Morgan fingerprint density at radius 2 is 1.52 bits per heavy atom. The van der Waals surface area contributed by atoms with Gasteiger partial charge in [-0.25, -0.2) is 13.2 Å². The molecule has 0 aliphatic heterocycles. The van der Waals surface area contributed by atoms with Crippen LogP contribution < -0.4 is 10.6 Å². The van der Waals surface area contributed by atoms with Crippen molar-refractivity contribution in [1.29, 1.82) is 0 Å². The summed E-state index contributed by atoms with van der Waals surface area (Å²) in [6, 6.07) is 2.09. The molecule has 2 aliphatic rings. The molecule has 2 N–H and O–H groups in total. The Balaban J connectivity index is 1.61. The summed E-state index contributed by atoms with van der Waals surface area (Å²) < 4.78 is 124. The predicted octanol–water partition coefficient (Wildman–Crippen LogP) is 8.50. The lowest BCUT2D eigenvalue weighted by atomic mass is 9.88. The van der Waals surface area contributed by atoms with Crippen molar-refractivity contribution in [2.75, 3.05) is 0 Å². The van der Waals surface area contributed by atoms with E-state index in [1.807, 2.05) is 0 Å². The van der Waals surface area contributed by atoms with Crippen LogP contribution in [0.15, 0.2) is 36.4 Å². The van der Waals surface area contributed by atoms with Gasteiger partial charge in [-0.2, -0.15) is 26.3 Å². The maximum Gasteiger partial charge on any atom is 0.417 e. The largest absolute Gasteiger partial charge is 0.417 e. The Morgan fingerprint density at radius 1 is 0.952 bits per heavy atom. The number of hydrogen-bond donors (Lipinski definition) is 2. The Morgan fingerprint density at radius 3 is 2.00 bits per heavy atom. The summed E-state index contributed by atoms with van der Waals surface area (Å²) in [6.45, 7) is 0. The van der Waals surface area contributed by atoms with Gasteiger partial charge in [0.15, 0.2) is 0 Å². The number of allylic oxidation sites excluding steroid dienone is 1. The number of alkyl halides is 8. The Hall–Kier alpha value is -2.64. The first-order valence-electron chi connectivity index (χ1n) is 12.0. The molecule has 228 valence electrons. The normalized spacial score (nSPS) is 19.1. The molecule has 0 aromatic heterocycles. The molecule has 0 radical (unpaired) electrons. The summed E-state index contributed by atoms with van der Waals surface area (Å²) >= 11 is 17.3. The Labute approximate surface area is 247 Å². The Bertz CT molecular complexity index is 1420. The van der Waals surface area contributed by atoms with Gasteiger partial charge in [0, 0.05) is 24.4 Å². The van der Waals surface area contributed by atoms with Gasteiger partial charge in [0.05, 0.1) is 26.2 Å². The zero-order valence-electron chi connectivity index (χ0n) is 20.8. The van der Waals surface area contributed by atoms with Crippen molar-refractivity contribution < 1.29 is 49.1 Å². The average Bonchev–Trinajstić information content (AvgIpc) is 3.63. The van der Waals surface area contributed by atoms with E-state index in [0.717, 1.165) is 12.1 Å². The minimum Gasteiger partial charge on any atom is -0.351 e. The molecule has 2 fully saturated rings. The van der Waals surface area contributed by atoms with Crippen molar-refractivity contribution in [3.8, 4) is 0 Å². The van der Waals surface area contributed by atoms with Crippen molar-refractivity contribution in [1.82, 2.24) is 10.6 Å². The summed E-state index contributed by atoms with van der Waals surface area (Å²) in [6.07, 6.45) is -11.5. The lowest BCUT2D eigenvalue weighted by molar-refractivity contribution is -0.140. The van der Waals surface area contributed by atoms with Gasteiger partial charge in [-0.3, -0.25) is 9.59 Å². The van der Waals surface area contributed by atoms with E-state index in [-0.39, 0.29) is 40.1 Å². The second-order valence-corrected chi connectivity index (χ2v) is 11.3. The van der Waals surface area contributed by atoms with Gasteiger partial charge in [0.25, 0.3) is 11.8 Å². The number of benzene rings is 2. The van der Waals surface area contributed by atoms with Crippen LogP contribution in [0.5, 0.6) is 0 Å². The van der Waals surface area contributed by atoms with E-state index < -0.39 is 88.5 Å². The van der Waals surface area contributed by atoms with Crippen molar-refractivity contribution in [3.63, 3.8) is 0 Å². The minimum absolute atomic E-state index is 0.0264. The number of nitrogens with one attached hydrogen (secondary N) is 2.